The molecule has 1 saturated heterocycles. The Morgan fingerprint density at radius 2 is 2.26 bits per heavy atom. The molecule has 23 heavy (non-hydrogen) atoms. The Bertz CT molecular complexity index is 665. The Balaban J connectivity index is 1.59. The molecule has 5 nitrogen and oxygen atoms in total. The fourth-order valence-corrected chi connectivity index (χ4v) is 3.37. The van der Waals surface area contributed by atoms with E-state index in [4.69, 9.17) is 0 Å². The summed E-state index contributed by atoms with van der Waals surface area (Å²) in [7, 11) is 0. The summed E-state index contributed by atoms with van der Waals surface area (Å²) in [5, 5.41) is 4.39. The molecule has 0 aliphatic carbocycles. The van der Waals surface area contributed by atoms with Gasteiger partial charge in [0.2, 0.25) is 5.91 Å². The second-order valence-electron chi connectivity index (χ2n) is 6.50. The van der Waals surface area contributed by atoms with E-state index in [2.05, 4.69) is 16.1 Å². The van der Waals surface area contributed by atoms with Gasteiger partial charge in [-0.15, -0.1) is 0 Å². The van der Waals surface area contributed by atoms with Crippen LogP contribution in [-0.4, -0.2) is 38.7 Å². The first-order valence-electron chi connectivity index (χ1n) is 8.29. The van der Waals surface area contributed by atoms with Crippen LogP contribution in [0.2, 0.25) is 0 Å². The average molecular weight is 312 g/mol. The molecular formula is C18H24N4O. The number of hydrogen-bond donors (Lipinski definition) is 0. The van der Waals surface area contributed by atoms with E-state index in [0.717, 1.165) is 37.3 Å². The van der Waals surface area contributed by atoms with E-state index in [-0.39, 0.29) is 5.91 Å². The molecule has 1 amide bonds. The van der Waals surface area contributed by atoms with Gasteiger partial charge in [0.15, 0.2) is 0 Å². The molecule has 0 radical (unpaired) electrons. The third kappa shape index (κ3) is 3.97. The van der Waals surface area contributed by atoms with Crippen LogP contribution in [-0.2, 0) is 17.8 Å². The van der Waals surface area contributed by atoms with Crippen molar-refractivity contribution in [3.8, 4) is 0 Å². The summed E-state index contributed by atoms with van der Waals surface area (Å²) in [6.45, 7) is 6.00. The molecule has 0 spiro atoms. The minimum absolute atomic E-state index is 0.173. The number of hydrogen-bond acceptors (Lipinski definition) is 3. The van der Waals surface area contributed by atoms with Crippen LogP contribution in [0.25, 0.3) is 0 Å². The van der Waals surface area contributed by atoms with Crippen LogP contribution in [0.4, 0.5) is 0 Å². The number of nitrogens with zero attached hydrogens (tertiary/aromatic N) is 4. The lowest BCUT2D eigenvalue weighted by molar-refractivity contribution is -0.133. The minimum atomic E-state index is 0.173. The normalized spacial score (nSPS) is 18.2. The zero-order valence-electron chi connectivity index (χ0n) is 13.9. The Labute approximate surface area is 137 Å². The number of carbonyl (C=O) groups is 1. The summed E-state index contributed by atoms with van der Waals surface area (Å²) in [6, 6.07) is 6.10. The number of likely N-dealkylation sites (tertiary alicyclic amines) is 1. The summed E-state index contributed by atoms with van der Waals surface area (Å²) >= 11 is 0. The van der Waals surface area contributed by atoms with Crippen molar-refractivity contribution in [1.82, 2.24) is 19.7 Å². The van der Waals surface area contributed by atoms with Crippen LogP contribution in [0.15, 0.2) is 30.6 Å². The SMILES string of the molecule is Cc1cc(C)n(CC(=O)N2CCC[C@H](Cc3cccnc3)C2)n1. The Morgan fingerprint density at radius 3 is 2.96 bits per heavy atom. The van der Waals surface area contributed by atoms with E-state index in [0.29, 0.717) is 12.5 Å². The molecule has 1 fully saturated rings. The van der Waals surface area contributed by atoms with Crippen LogP contribution in [0.5, 0.6) is 0 Å². The number of aromatic nitrogens is 3. The average Bonchev–Trinajstić information content (AvgIpc) is 2.86. The maximum absolute atomic E-state index is 12.6. The largest absolute Gasteiger partial charge is 0.341 e. The van der Waals surface area contributed by atoms with Crippen LogP contribution < -0.4 is 0 Å². The highest BCUT2D eigenvalue weighted by atomic mass is 16.2. The van der Waals surface area contributed by atoms with Gasteiger partial charge in [0, 0.05) is 31.2 Å². The van der Waals surface area contributed by atoms with Crippen LogP contribution in [0.3, 0.4) is 0 Å². The molecule has 2 aromatic heterocycles. The first kappa shape index (κ1) is 15.7. The van der Waals surface area contributed by atoms with E-state index in [1.165, 1.54) is 12.0 Å². The van der Waals surface area contributed by atoms with Crippen molar-refractivity contribution in [2.24, 2.45) is 5.92 Å². The van der Waals surface area contributed by atoms with E-state index in [9.17, 15) is 4.79 Å². The van der Waals surface area contributed by atoms with Crippen molar-refractivity contribution in [3.63, 3.8) is 0 Å². The molecule has 0 saturated carbocycles. The number of rotatable bonds is 4. The maximum atomic E-state index is 12.6. The van der Waals surface area contributed by atoms with E-state index in [1.807, 2.05) is 41.8 Å². The standard InChI is InChI=1S/C18H24N4O/c1-14-9-15(2)22(20-14)13-18(23)21-8-4-6-17(12-21)10-16-5-3-7-19-11-16/h3,5,7,9,11,17H,4,6,8,10,12-13H2,1-2H3/t17-/m1/s1. The van der Waals surface area contributed by atoms with Crippen LogP contribution in [0.1, 0.15) is 29.8 Å². The van der Waals surface area contributed by atoms with Gasteiger partial charge in [0.25, 0.3) is 0 Å². The predicted octanol–water partition coefficient (Wildman–Crippen LogP) is 2.38. The molecule has 0 bridgehead atoms. The number of carbonyl (C=O) groups excluding carboxylic acids is 1. The van der Waals surface area contributed by atoms with Crippen molar-refractivity contribution >= 4 is 5.91 Å². The second kappa shape index (κ2) is 6.94. The molecule has 0 N–H and O–H groups in total. The van der Waals surface area contributed by atoms with Gasteiger partial charge < -0.3 is 4.90 Å². The molecule has 1 aliphatic heterocycles. The topological polar surface area (TPSA) is 51.0 Å². The van der Waals surface area contributed by atoms with E-state index < -0.39 is 0 Å². The molecule has 2 aromatic rings. The first-order valence-corrected chi connectivity index (χ1v) is 8.29. The highest BCUT2D eigenvalue weighted by molar-refractivity contribution is 5.76. The van der Waals surface area contributed by atoms with Crippen molar-refractivity contribution in [2.75, 3.05) is 13.1 Å². The third-order valence-electron chi connectivity index (χ3n) is 4.51. The highest BCUT2D eigenvalue weighted by Crippen LogP contribution is 2.21. The van der Waals surface area contributed by atoms with Gasteiger partial charge in [-0.05, 0) is 56.7 Å². The lowest BCUT2D eigenvalue weighted by Crippen LogP contribution is -2.42. The van der Waals surface area contributed by atoms with Gasteiger partial charge in [-0.1, -0.05) is 6.07 Å². The third-order valence-corrected chi connectivity index (χ3v) is 4.51. The van der Waals surface area contributed by atoms with E-state index >= 15 is 0 Å². The van der Waals surface area contributed by atoms with Crippen molar-refractivity contribution in [1.29, 1.82) is 0 Å². The smallest absolute Gasteiger partial charge is 0.244 e. The second-order valence-corrected chi connectivity index (χ2v) is 6.50. The summed E-state index contributed by atoms with van der Waals surface area (Å²) in [5.74, 6) is 0.699. The van der Waals surface area contributed by atoms with Gasteiger partial charge in [-0.2, -0.15) is 5.10 Å². The van der Waals surface area contributed by atoms with Crippen molar-refractivity contribution in [2.45, 2.75) is 39.7 Å². The first-order chi connectivity index (χ1) is 11.1. The monoisotopic (exact) mass is 312 g/mol. The molecule has 3 rings (SSSR count). The molecule has 3 heterocycles. The van der Waals surface area contributed by atoms with Gasteiger partial charge in [-0.3, -0.25) is 14.5 Å². The molecule has 5 heteroatoms. The maximum Gasteiger partial charge on any atom is 0.244 e. The molecule has 1 atom stereocenters. The zero-order chi connectivity index (χ0) is 16.2. The Kier molecular flexibility index (Phi) is 4.74. The molecular weight excluding hydrogens is 288 g/mol. The van der Waals surface area contributed by atoms with Crippen LogP contribution >= 0.6 is 0 Å². The van der Waals surface area contributed by atoms with Crippen LogP contribution in [0, 0.1) is 19.8 Å². The number of piperidine rings is 1. The fourth-order valence-electron chi connectivity index (χ4n) is 3.37. The van der Waals surface area contributed by atoms with Gasteiger partial charge in [-0.25, -0.2) is 0 Å². The predicted molar refractivity (Wildman–Crippen MR) is 88.9 cm³/mol. The lowest BCUT2D eigenvalue weighted by Gasteiger charge is -2.33. The summed E-state index contributed by atoms with van der Waals surface area (Å²) < 4.78 is 1.81. The number of pyridine rings is 1. The van der Waals surface area contributed by atoms with Gasteiger partial charge in [0.05, 0.1) is 5.69 Å². The quantitative estimate of drug-likeness (QED) is 0.871. The molecule has 122 valence electrons. The Morgan fingerprint density at radius 1 is 1.39 bits per heavy atom. The number of aryl methyl sites for hydroxylation is 2. The van der Waals surface area contributed by atoms with Gasteiger partial charge in [0.1, 0.15) is 6.54 Å². The zero-order valence-corrected chi connectivity index (χ0v) is 13.9. The van der Waals surface area contributed by atoms with Crippen molar-refractivity contribution < 1.29 is 4.79 Å². The number of amides is 1. The fraction of sp³-hybridized carbons (Fsp3) is 0.500. The van der Waals surface area contributed by atoms with E-state index in [1.54, 1.807) is 6.20 Å². The molecule has 0 aromatic carbocycles. The summed E-state index contributed by atoms with van der Waals surface area (Å²) in [6.07, 6.45) is 6.98. The summed E-state index contributed by atoms with van der Waals surface area (Å²) in [4.78, 5) is 18.8. The Hall–Kier alpha value is -2.17. The minimum Gasteiger partial charge on any atom is -0.341 e. The molecule has 0 unspecified atom stereocenters. The molecule has 1 aliphatic rings. The van der Waals surface area contributed by atoms with Crippen molar-refractivity contribution in [3.05, 3.63) is 47.5 Å². The summed E-state index contributed by atoms with van der Waals surface area (Å²) in [5.41, 5.74) is 3.26. The van der Waals surface area contributed by atoms with Gasteiger partial charge >= 0.3 is 0 Å². The lowest BCUT2D eigenvalue weighted by atomic mass is 9.92. The highest BCUT2D eigenvalue weighted by Gasteiger charge is 2.24.